The van der Waals surface area contributed by atoms with Crippen LogP contribution in [0.1, 0.15) is 31.8 Å². The molecule has 1 aromatic heterocycles. The molecule has 1 heterocycles. The number of hydrogen-bond donors (Lipinski definition) is 1. The number of carbonyl (C=O) groups excluding carboxylic acids is 2. The number of thiophene rings is 1. The van der Waals surface area contributed by atoms with Gasteiger partial charge in [0.05, 0.1) is 14.9 Å². The number of halogens is 2. The van der Waals surface area contributed by atoms with E-state index in [4.69, 9.17) is 23.2 Å². The highest BCUT2D eigenvalue weighted by Gasteiger charge is 2.08. The highest BCUT2D eigenvalue weighted by molar-refractivity contribution is 7.14. The molecule has 6 heteroatoms. The summed E-state index contributed by atoms with van der Waals surface area (Å²) in [5.41, 5.74) is 0.472. The van der Waals surface area contributed by atoms with Crippen molar-refractivity contribution >= 4 is 46.2 Å². The third-order valence-corrected chi connectivity index (χ3v) is 4.83. The summed E-state index contributed by atoms with van der Waals surface area (Å²) in [5, 5.41) is 3.59. The number of carbonyl (C=O) groups is 2. The maximum absolute atomic E-state index is 11.9. The fourth-order valence-electron chi connectivity index (χ4n) is 1.74. The van der Waals surface area contributed by atoms with Crippen LogP contribution in [0.5, 0.6) is 0 Å². The monoisotopic (exact) mass is 341 g/mol. The largest absolute Gasteiger partial charge is 0.352 e. The van der Waals surface area contributed by atoms with E-state index < -0.39 is 0 Å². The van der Waals surface area contributed by atoms with Crippen molar-refractivity contribution in [2.45, 2.75) is 13.3 Å². The Balaban J connectivity index is 1.88. The number of hydrogen-bond acceptors (Lipinski definition) is 3. The summed E-state index contributed by atoms with van der Waals surface area (Å²) in [5.74, 6) is -0.136. The van der Waals surface area contributed by atoms with Gasteiger partial charge in [-0.1, -0.05) is 23.2 Å². The Kier molecular flexibility index (Phi) is 5.39. The van der Waals surface area contributed by atoms with E-state index in [1.54, 1.807) is 19.1 Å². The lowest BCUT2D eigenvalue weighted by molar-refractivity contribution is 0.0953. The normalized spacial score (nSPS) is 10.4. The van der Waals surface area contributed by atoms with Crippen LogP contribution in [-0.4, -0.2) is 18.2 Å². The van der Waals surface area contributed by atoms with Crippen molar-refractivity contribution in [2.75, 3.05) is 6.54 Å². The van der Waals surface area contributed by atoms with E-state index in [9.17, 15) is 9.59 Å². The van der Waals surface area contributed by atoms with Crippen molar-refractivity contribution in [3.8, 4) is 0 Å². The molecular weight excluding hydrogens is 329 g/mol. The Morgan fingerprint density at radius 3 is 2.52 bits per heavy atom. The number of rotatable bonds is 5. The van der Waals surface area contributed by atoms with E-state index >= 15 is 0 Å². The van der Waals surface area contributed by atoms with Gasteiger partial charge in [0.1, 0.15) is 0 Å². The summed E-state index contributed by atoms with van der Waals surface area (Å²) >= 11 is 13.1. The van der Waals surface area contributed by atoms with Gasteiger partial charge in [0, 0.05) is 17.0 Å². The standard InChI is InChI=1S/C15H13Cl2NO2S/c1-9(19)14-5-3-11(21-14)6-7-18-15(20)10-2-4-12(16)13(17)8-10/h2-5,8H,6-7H2,1H3,(H,18,20). The van der Waals surface area contributed by atoms with Gasteiger partial charge in [0.15, 0.2) is 5.78 Å². The predicted octanol–water partition coefficient (Wildman–Crippen LogP) is 4.23. The second kappa shape index (κ2) is 7.07. The number of amides is 1. The summed E-state index contributed by atoms with van der Waals surface area (Å²) in [6.45, 7) is 2.04. The van der Waals surface area contributed by atoms with Crippen LogP contribution in [0.4, 0.5) is 0 Å². The molecule has 0 saturated heterocycles. The molecule has 0 fully saturated rings. The fourth-order valence-corrected chi connectivity index (χ4v) is 2.94. The molecule has 0 atom stereocenters. The highest BCUT2D eigenvalue weighted by Crippen LogP contribution is 2.22. The van der Waals surface area contributed by atoms with Gasteiger partial charge in [0.25, 0.3) is 5.91 Å². The van der Waals surface area contributed by atoms with E-state index in [0.29, 0.717) is 28.6 Å². The third kappa shape index (κ3) is 4.30. The van der Waals surface area contributed by atoms with Crippen molar-refractivity contribution in [3.63, 3.8) is 0 Å². The van der Waals surface area contributed by atoms with Gasteiger partial charge in [-0.15, -0.1) is 11.3 Å². The zero-order valence-corrected chi connectivity index (χ0v) is 13.6. The van der Waals surface area contributed by atoms with Gasteiger partial charge in [0.2, 0.25) is 0 Å². The lowest BCUT2D eigenvalue weighted by atomic mass is 10.2. The maximum atomic E-state index is 11.9. The minimum atomic E-state index is -0.197. The van der Waals surface area contributed by atoms with Gasteiger partial charge in [-0.3, -0.25) is 9.59 Å². The smallest absolute Gasteiger partial charge is 0.251 e. The Morgan fingerprint density at radius 2 is 1.90 bits per heavy atom. The first-order valence-electron chi connectivity index (χ1n) is 6.30. The Morgan fingerprint density at radius 1 is 1.14 bits per heavy atom. The third-order valence-electron chi connectivity index (χ3n) is 2.85. The number of benzene rings is 1. The fraction of sp³-hybridized carbons (Fsp3) is 0.200. The Hall–Kier alpha value is -1.36. The minimum Gasteiger partial charge on any atom is -0.352 e. The average Bonchev–Trinajstić information content (AvgIpc) is 2.91. The van der Waals surface area contributed by atoms with E-state index in [1.807, 2.05) is 12.1 Å². The molecule has 0 aliphatic heterocycles. The van der Waals surface area contributed by atoms with E-state index in [1.165, 1.54) is 17.4 Å². The second-order valence-corrected chi connectivity index (χ2v) is 6.44. The van der Waals surface area contributed by atoms with Crippen LogP contribution in [-0.2, 0) is 6.42 Å². The molecule has 0 radical (unpaired) electrons. The van der Waals surface area contributed by atoms with Crippen LogP contribution in [0.2, 0.25) is 10.0 Å². The molecule has 0 aliphatic rings. The van der Waals surface area contributed by atoms with E-state index in [2.05, 4.69) is 5.32 Å². The van der Waals surface area contributed by atoms with E-state index in [-0.39, 0.29) is 11.7 Å². The summed E-state index contributed by atoms with van der Waals surface area (Å²) in [7, 11) is 0. The molecule has 1 N–H and O–H groups in total. The minimum absolute atomic E-state index is 0.0612. The highest BCUT2D eigenvalue weighted by atomic mass is 35.5. The lowest BCUT2D eigenvalue weighted by Crippen LogP contribution is -2.25. The topological polar surface area (TPSA) is 46.2 Å². The van der Waals surface area contributed by atoms with Crippen LogP contribution in [0.25, 0.3) is 0 Å². The lowest BCUT2D eigenvalue weighted by Gasteiger charge is -2.05. The van der Waals surface area contributed by atoms with Crippen LogP contribution < -0.4 is 5.32 Å². The number of Topliss-reactive ketones (excluding diaryl/α,β-unsaturated/α-hetero) is 1. The zero-order valence-electron chi connectivity index (χ0n) is 11.3. The predicted molar refractivity (Wildman–Crippen MR) is 86.8 cm³/mol. The van der Waals surface area contributed by atoms with Crippen molar-refractivity contribution in [1.82, 2.24) is 5.32 Å². The quantitative estimate of drug-likeness (QED) is 0.827. The van der Waals surface area contributed by atoms with Crippen LogP contribution >= 0.6 is 34.5 Å². The maximum Gasteiger partial charge on any atom is 0.251 e. The first-order chi connectivity index (χ1) is 9.97. The Bertz CT molecular complexity index is 682. The van der Waals surface area contributed by atoms with Crippen molar-refractivity contribution < 1.29 is 9.59 Å². The Labute approximate surface area is 136 Å². The molecule has 110 valence electrons. The molecule has 1 amide bonds. The molecule has 0 unspecified atom stereocenters. The molecule has 0 saturated carbocycles. The zero-order chi connectivity index (χ0) is 15.4. The van der Waals surface area contributed by atoms with Gasteiger partial charge >= 0.3 is 0 Å². The van der Waals surface area contributed by atoms with E-state index in [0.717, 1.165) is 9.75 Å². The second-order valence-electron chi connectivity index (χ2n) is 4.46. The van der Waals surface area contributed by atoms with Crippen molar-refractivity contribution in [3.05, 3.63) is 55.7 Å². The summed E-state index contributed by atoms with van der Waals surface area (Å²) in [6.07, 6.45) is 0.686. The number of ketones is 1. The average molecular weight is 342 g/mol. The van der Waals surface area contributed by atoms with Gasteiger partial charge in [-0.2, -0.15) is 0 Å². The van der Waals surface area contributed by atoms with Crippen molar-refractivity contribution in [1.29, 1.82) is 0 Å². The molecule has 0 bridgehead atoms. The summed E-state index contributed by atoms with van der Waals surface area (Å²) in [4.78, 5) is 25.0. The molecule has 2 aromatic rings. The first-order valence-corrected chi connectivity index (χ1v) is 7.87. The summed E-state index contributed by atoms with van der Waals surface area (Å²) < 4.78 is 0. The van der Waals surface area contributed by atoms with Gasteiger partial charge in [-0.05, 0) is 43.7 Å². The van der Waals surface area contributed by atoms with Crippen LogP contribution in [0.3, 0.4) is 0 Å². The van der Waals surface area contributed by atoms with Gasteiger partial charge < -0.3 is 5.32 Å². The molecule has 2 rings (SSSR count). The molecule has 0 spiro atoms. The molecule has 3 nitrogen and oxygen atoms in total. The van der Waals surface area contributed by atoms with Crippen LogP contribution in [0, 0.1) is 0 Å². The van der Waals surface area contributed by atoms with Crippen molar-refractivity contribution in [2.24, 2.45) is 0 Å². The molecule has 0 aliphatic carbocycles. The van der Waals surface area contributed by atoms with Gasteiger partial charge in [-0.25, -0.2) is 0 Å². The SMILES string of the molecule is CC(=O)c1ccc(CCNC(=O)c2ccc(Cl)c(Cl)c2)s1. The summed E-state index contributed by atoms with van der Waals surface area (Å²) in [6, 6.07) is 8.48. The molecule has 21 heavy (non-hydrogen) atoms. The van der Waals surface area contributed by atoms with Crippen LogP contribution in [0.15, 0.2) is 30.3 Å². The number of nitrogens with one attached hydrogen (secondary N) is 1. The molecular formula is C15H13Cl2NO2S. The molecule has 1 aromatic carbocycles. The first kappa shape index (κ1) is 16.0.